The Labute approximate surface area is 115 Å². The molecule has 100 valence electrons. The van der Waals surface area contributed by atoms with E-state index in [1.54, 1.807) is 11.8 Å². The monoisotopic (exact) mass is 264 g/mol. The number of hydrogen-bond acceptors (Lipinski definition) is 2. The summed E-state index contributed by atoms with van der Waals surface area (Å²) in [5, 5.41) is 10.3. The maximum Gasteiger partial charge on any atom is 0.0662 e. The summed E-state index contributed by atoms with van der Waals surface area (Å²) in [4.78, 5) is 1.26. The molecule has 1 fully saturated rings. The summed E-state index contributed by atoms with van der Waals surface area (Å²) in [5.74, 6) is 2.87. The summed E-state index contributed by atoms with van der Waals surface area (Å²) in [6, 6.07) is 10.4. The van der Waals surface area contributed by atoms with Crippen LogP contribution in [0.3, 0.4) is 0 Å². The summed E-state index contributed by atoms with van der Waals surface area (Å²) in [6.07, 6.45) is 3.57. The summed E-state index contributed by atoms with van der Waals surface area (Å²) < 4.78 is 0. The minimum Gasteiger partial charge on any atom is -0.392 e. The van der Waals surface area contributed by atoms with Crippen LogP contribution < -0.4 is 0 Å². The highest BCUT2D eigenvalue weighted by Gasteiger charge is 2.28. The molecule has 2 heteroatoms. The van der Waals surface area contributed by atoms with Gasteiger partial charge in [0.2, 0.25) is 0 Å². The number of rotatable bonds is 4. The molecule has 18 heavy (non-hydrogen) atoms. The molecular weight excluding hydrogens is 240 g/mol. The maximum absolute atomic E-state index is 10.3. The molecular formula is C16H24OS. The van der Waals surface area contributed by atoms with E-state index in [1.807, 2.05) is 6.07 Å². The third-order valence-electron chi connectivity index (χ3n) is 3.92. The van der Waals surface area contributed by atoms with Crippen LogP contribution in [0.5, 0.6) is 0 Å². The van der Waals surface area contributed by atoms with Crippen LogP contribution >= 0.6 is 11.8 Å². The Balaban J connectivity index is 1.82. The SMILES string of the molecule is CC1CC(C)CC(C(O)CSc2ccccc2)C1. The van der Waals surface area contributed by atoms with E-state index in [9.17, 15) is 5.11 Å². The highest BCUT2D eigenvalue weighted by Crippen LogP contribution is 2.36. The van der Waals surface area contributed by atoms with Crippen LogP contribution in [0.1, 0.15) is 33.1 Å². The Morgan fingerprint density at radius 2 is 1.72 bits per heavy atom. The second-order valence-corrected chi connectivity index (χ2v) is 6.96. The molecule has 0 spiro atoms. The van der Waals surface area contributed by atoms with Gasteiger partial charge in [0.25, 0.3) is 0 Å². The lowest BCUT2D eigenvalue weighted by Gasteiger charge is -2.34. The molecule has 1 nitrogen and oxygen atoms in total. The van der Waals surface area contributed by atoms with E-state index in [4.69, 9.17) is 0 Å². The summed E-state index contributed by atoms with van der Waals surface area (Å²) in [7, 11) is 0. The first-order valence-corrected chi connectivity index (χ1v) is 7.99. The van der Waals surface area contributed by atoms with E-state index < -0.39 is 0 Å². The number of aliphatic hydroxyl groups excluding tert-OH is 1. The zero-order chi connectivity index (χ0) is 13.0. The van der Waals surface area contributed by atoms with E-state index in [0.717, 1.165) is 17.6 Å². The van der Waals surface area contributed by atoms with Crippen molar-refractivity contribution in [2.24, 2.45) is 17.8 Å². The first-order valence-electron chi connectivity index (χ1n) is 7.01. The minimum absolute atomic E-state index is 0.152. The zero-order valence-corrected chi connectivity index (χ0v) is 12.2. The molecule has 0 bridgehead atoms. The van der Waals surface area contributed by atoms with Crippen LogP contribution in [-0.4, -0.2) is 17.0 Å². The number of thioether (sulfide) groups is 1. The van der Waals surface area contributed by atoms with Gasteiger partial charge < -0.3 is 5.11 Å². The van der Waals surface area contributed by atoms with E-state index in [1.165, 1.54) is 24.2 Å². The van der Waals surface area contributed by atoms with E-state index in [2.05, 4.69) is 38.1 Å². The van der Waals surface area contributed by atoms with Gasteiger partial charge in [0.05, 0.1) is 6.10 Å². The van der Waals surface area contributed by atoms with Crippen molar-refractivity contribution < 1.29 is 5.11 Å². The molecule has 0 amide bonds. The average Bonchev–Trinajstić information content (AvgIpc) is 2.36. The zero-order valence-electron chi connectivity index (χ0n) is 11.4. The molecule has 1 saturated carbocycles. The predicted molar refractivity (Wildman–Crippen MR) is 78.8 cm³/mol. The topological polar surface area (TPSA) is 20.2 Å². The van der Waals surface area contributed by atoms with Gasteiger partial charge in [0.1, 0.15) is 0 Å². The quantitative estimate of drug-likeness (QED) is 0.822. The number of benzene rings is 1. The molecule has 0 radical (unpaired) electrons. The molecule has 1 N–H and O–H groups in total. The molecule has 0 aliphatic heterocycles. The van der Waals surface area contributed by atoms with Gasteiger partial charge in [0, 0.05) is 10.6 Å². The molecule has 0 saturated heterocycles. The van der Waals surface area contributed by atoms with Crippen molar-refractivity contribution >= 4 is 11.8 Å². The lowest BCUT2D eigenvalue weighted by Crippen LogP contribution is -2.30. The second kappa shape index (κ2) is 6.63. The molecule has 1 aromatic rings. The van der Waals surface area contributed by atoms with Crippen molar-refractivity contribution in [3.8, 4) is 0 Å². The first-order chi connectivity index (χ1) is 8.65. The summed E-state index contributed by atoms with van der Waals surface area (Å²) in [5.41, 5.74) is 0. The summed E-state index contributed by atoms with van der Waals surface area (Å²) >= 11 is 1.77. The molecule has 1 aliphatic carbocycles. The Morgan fingerprint density at radius 1 is 1.11 bits per heavy atom. The van der Waals surface area contributed by atoms with Crippen molar-refractivity contribution in [1.29, 1.82) is 0 Å². The fourth-order valence-electron chi connectivity index (χ4n) is 3.16. The van der Waals surface area contributed by atoms with Crippen molar-refractivity contribution in [1.82, 2.24) is 0 Å². The van der Waals surface area contributed by atoms with Gasteiger partial charge in [-0.3, -0.25) is 0 Å². The first kappa shape index (κ1) is 14.0. The van der Waals surface area contributed by atoms with Crippen LogP contribution in [0.15, 0.2) is 35.2 Å². The molecule has 1 aliphatic rings. The fourth-order valence-corrected chi connectivity index (χ4v) is 4.14. The largest absolute Gasteiger partial charge is 0.392 e. The van der Waals surface area contributed by atoms with Crippen molar-refractivity contribution in [3.63, 3.8) is 0 Å². The molecule has 1 aromatic carbocycles. The predicted octanol–water partition coefficient (Wildman–Crippen LogP) is 4.21. The molecule has 2 rings (SSSR count). The van der Waals surface area contributed by atoms with Gasteiger partial charge >= 0.3 is 0 Å². The Kier molecular flexibility index (Phi) is 5.13. The van der Waals surface area contributed by atoms with Crippen molar-refractivity contribution in [2.45, 2.75) is 44.1 Å². The molecule has 3 atom stereocenters. The smallest absolute Gasteiger partial charge is 0.0662 e. The second-order valence-electron chi connectivity index (χ2n) is 5.87. The maximum atomic E-state index is 10.3. The number of hydrogen-bond donors (Lipinski definition) is 1. The fraction of sp³-hybridized carbons (Fsp3) is 0.625. The van der Waals surface area contributed by atoms with Gasteiger partial charge in [0.15, 0.2) is 0 Å². The van der Waals surface area contributed by atoms with Crippen molar-refractivity contribution in [3.05, 3.63) is 30.3 Å². The van der Waals surface area contributed by atoms with Gasteiger partial charge in [-0.1, -0.05) is 32.0 Å². The van der Waals surface area contributed by atoms with Gasteiger partial charge in [-0.05, 0) is 49.1 Å². The Bertz CT molecular complexity index is 341. The third-order valence-corrected chi connectivity index (χ3v) is 5.04. The number of aliphatic hydroxyl groups is 1. The lowest BCUT2D eigenvalue weighted by molar-refractivity contribution is 0.0723. The van der Waals surface area contributed by atoms with Crippen LogP contribution in [0.2, 0.25) is 0 Å². The van der Waals surface area contributed by atoms with E-state index in [0.29, 0.717) is 5.92 Å². The van der Waals surface area contributed by atoms with Gasteiger partial charge in [-0.2, -0.15) is 0 Å². The Morgan fingerprint density at radius 3 is 2.33 bits per heavy atom. The van der Waals surface area contributed by atoms with Crippen LogP contribution in [0.4, 0.5) is 0 Å². The highest BCUT2D eigenvalue weighted by atomic mass is 32.2. The van der Waals surface area contributed by atoms with Crippen LogP contribution in [0.25, 0.3) is 0 Å². The van der Waals surface area contributed by atoms with Gasteiger partial charge in [-0.25, -0.2) is 0 Å². The average molecular weight is 264 g/mol. The Hall–Kier alpha value is -0.470. The third kappa shape index (κ3) is 4.03. The van der Waals surface area contributed by atoms with E-state index in [-0.39, 0.29) is 6.10 Å². The van der Waals surface area contributed by atoms with Gasteiger partial charge in [-0.15, -0.1) is 11.8 Å². The lowest BCUT2D eigenvalue weighted by atomic mass is 9.75. The standard InChI is InChI=1S/C16H24OS/c1-12-8-13(2)10-14(9-12)16(17)11-18-15-6-4-3-5-7-15/h3-7,12-14,16-17H,8-11H2,1-2H3. The normalized spacial score (nSPS) is 30.1. The van der Waals surface area contributed by atoms with Crippen LogP contribution in [-0.2, 0) is 0 Å². The molecule has 0 heterocycles. The van der Waals surface area contributed by atoms with Crippen LogP contribution in [0, 0.1) is 17.8 Å². The summed E-state index contributed by atoms with van der Waals surface area (Å²) in [6.45, 7) is 4.64. The molecule has 0 aromatic heterocycles. The highest BCUT2D eigenvalue weighted by molar-refractivity contribution is 7.99. The van der Waals surface area contributed by atoms with E-state index >= 15 is 0 Å². The molecule has 3 unspecified atom stereocenters. The van der Waals surface area contributed by atoms with Crippen molar-refractivity contribution in [2.75, 3.05) is 5.75 Å². The minimum atomic E-state index is -0.152.